The van der Waals surface area contributed by atoms with Crippen LogP contribution in [0.1, 0.15) is 34.7 Å². The van der Waals surface area contributed by atoms with Crippen LogP contribution in [-0.2, 0) is 0 Å². The lowest BCUT2D eigenvalue weighted by molar-refractivity contribution is 0.0670. The van der Waals surface area contributed by atoms with Gasteiger partial charge in [-0.1, -0.05) is 12.1 Å². The molecule has 0 aromatic heterocycles. The van der Waals surface area contributed by atoms with E-state index in [9.17, 15) is 4.79 Å². The fraction of sp³-hybridized carbons (Fsp3) is 0.519. The van der Waals surface area contributed by atoms with Crippen LogP contribution in [0.3, 0.4) is 0 Å². The van der Waals surface area contributed by atoms with Crippen molar-refractivity contribution in [3.05, 3.63) is 59.7 Å². The van der Waals surface area contributed by atoms with E-state index in [0.29, 0.717) is 17.9 Å². The lowest BCUT2D eigenvalue weighted by atomic mass is 9.80. The number of piperazine rings is 1. The summed E-state index contributed by atoms with van der Waals surface area (Å²) in [7, 11) is 3.88. The van der Waals surface area contributed by atoms with Crippen LogP contribution in [0.4, 0.5) is 5.69 Å². The molecule has 2 N–H and O–H groups in total. The third-order valence-corrected chi connectivity index (χ3v) is 7.86. The van der Waals surface area contributed by atoms with E-state index in [1.165, 1.54) is 11.3 Å². The van der Waals surface area contributed by atoms with Gasteiger partial charge in [0.25, 0.3) is 5.91 Å². The Morgan fingerprint density at radius 2 is 1.71 bits per heavy atom. The maximum absolute atomic E-state index is 13.2. The van der Waals surface area contributed by atoms with Gasteiger partial charge in [0.15, 0.2) is 0 Å². The fourth-order valence-corrected chi connectivity index (χ4v) is 5.68. The second kappa shape index (κ2) is 10.3. The van der Waals surface area contributed by atoms with Crippen LogP contribution >= 0.6 is 0 Å². The minimum Gasteiger partial charge on any atom is -0.497 e. The molecule has 0 aliphatic carbocycles. The molecule has 2 aromatic rings. The number of carbonyl (C=O) groups excluding carboxylic acids is 1. The molecule has 2 unspecified atom stereocenters. The monoisotopic (exact) mass is 463 g/mol. The van der Waals surface area contributed by atoms with Gasteiger partial charge in [-0.3, -0.25) is 15.6 Å². The largest absolute Gasteiger partial charge is 0.497 e. The molecule has 1 amide bonds. The number of hydrazine groups is 1. The Morgan fingerprint density at radius 1 is 0.971 bits per heavy atom. The number of rotatable bonds is 5. The van der Waals surface area contributed by atoms with Crippen LogP contribution in [0.15, 0.2) is 48.5 Å². The number of nitrogens with zero attached hydrogens (tertiary/aromatic N) is 3. The summed E-state index contributed by atoms with van der Waals surface area (Å²) in [6, 6.07) is 17.0. The molecule has 3 aliphatic heterocycles. The lowest BCUT2D eigenvalue weighted by Crippen LogP contribution is -2.46. The summed E-state index contributed by atoms with van der Waals surface area (Å²) in [4.78, 5) is 20.0. The summed E-state index contributed by atoms with van der Waals surface area (Å²) >= 11 is 0. The van der Waals surface area contributed by atoms with E-state index in [4.69, 9.17) is 4.74 Å². The highest BCUT2D eigenvalue weighted by Crippen LogP contribution is 2.34. The van der Waals surface area contributed by atoms with Crippen LogP contribution in [0.5, 0.6) is 5.75 Å². The number of likely N-dealkylation sites (tertiary alicyclic amines) is 1. The van der Waals surface area contributed by atoms with E-state index >= 15 is 0 Å². The highest BCUT2D eigenvalue weighted by molar-refractivity contribution is 5.94. The van der Waals surface area contributed by atoms with Gasteiger partial charge in [0.1, 0.15) is 5.75 Å². The summed E-state index contributed by atoms with van der Waals surface area (Å²) in [5.74, 6) is 2.01. The molecule has 34 heavy (non-hydrogen) atoms. The Morgan fingerprint density at radius 3 is 2.41 bits per heavy atom. The summed E-state index contributed by atoms with van der Waals surface area (Å²) in [6.07, 6.45) is 2.04. The molecule has 3 fully saturated rings. The quantitative estimate of drug-likeness (QED) is 0.711. The number of hydrogen-bond acceptors (Lipinski definition) is 6. The van der Waals surface area contributed by atoms with Gasteiger partial charge in [-0.2, -0.15) is 0 Å². The number of amides is 1. The summed E-state index contributed by atoms with van der Waals surface area (Å²) in [5, 5.41) is 0. The summed E-state index contributed by atoms with van der Waals surface area (Å²) in [6.45, 7) is 6.78. The minimum absolute atomic E-state index is 0.158. The first kappa shape index (κ1) is 23.1. The number of nitrogens with one attached hydrogen (secondary N) is 2. The van der Waals surface area contributed by atoms with Gasteiger partial charge < -0.3 is 19.4 Å². The smallest absolute Gasteiger partial charge is 0.253 e. The normalized spacial score (nSPS) is 24.4. The molecule has 0 saturated carbocycles. The van der Waals surface area contributed by atoms with Crippen molar-refractivity contribution < 1.29 is 9.53 Å². The van der Waals surface area contributed by atoms with Crippen molar-refractivity contribution in [3.8, 4) is 5.75 Å². The van der Waals surface area contributed by atoms with Gasteiger partial charge in [-0.25, -0.2) is 0 Å². The zero-order valence-corrected chi connectivity index (χ0v) is 20.4. The standard InChI is InChI=1S/C27H37N5O2/c1-30-14-16-31(17-15-30)23-8-6-21(7-9-23)27(33)32-12-10-20(11-13-32)26-25(19-28-29-26)22-4-3-5-24(18-22)34-2/h3-9,18,20,25-26,28-29H,10-17,19H2,1-2H3. The zero-order chi connectivity index (χ0) is 23.5. The van der Waals surface area contributed by atoms with Gasteiger partial charge in [-0.05, 0) is 67.8 Å². The van der Waals surface area contributed by atoms with Crippen molar-refractivity contribution in [3.63, 3.8) is 0 Å². The second-order valence-electron chi connectivity index (χ2n) is 9.90. The van der Waals surface area contributed by atoms with Gasteiger partial charge in [0.2, 0.25) is 0 Å². The van der Waals surface area contributed by atoms with Crippen LogP contribution in [0.2, 0.25) is 0 Å². The molecule has 182 valence electrons. The molecule has 3 aliphatic rings. The fourth-order valence-electron chi connectivity index (χ4n) is 5.68. The molecule has 5 rings (SSSR count). The minimum atomic E-state index is 0.158. The number of carbonyl (C=O) groups is 1. The van der Waals surface area contributed by atoms with Gasteiger partial charge in [0.05, 0.1) is 7.11 Å². The topological polar surface area (TPSA) is 60.1 Å². The van der Waals surface area contributed by atoms with Gasteiger partial charge in [-0.15, -0.1) is 0 Å². The van der Waals surface area contributed by atoms with Crippen molar-refractivity contribution >= 4 is 11.6 Å². The maximum atomic E-state index is 13.2. The molecule has 0 spiro atoms. The third-order valence-electron chi connectivity index (χ3n) is 7.86. The number of anilines is 1. The van der Waals surface area contributed by atoms with Gasteiger partial charge >= 0.3 is 0 Å². The summed E-state index contributed by atoms with van der Waals surface area (Å²) in [5.41, 5.74) is 10.2. The third kappa shape index (κ3) is 4.92. The Bertz CT molecular complexity index is 965. The van der Waals surface area contributed by atoms with Crippen molar-refractivity contribution in [1.29, 1.82) is 0 Å². The molecular weight excluding hydrogens is 426 g/mol. The van der Waals surface area contributed by atoms with E-state index in [-0.39, 0.29) is 5.91 Å². The van der Waals surface area contributed by atoms with Crippen LogP contribution < -0.4 is 20.5 Å². The molecular formula is C27H37N5O2. The zero-order valence-electron chi connectivity index (χ0n) is 20.4. The molecule has 3 heterocycles. The van der Waals surface area contributed by atoms with Crippen molar-refractivity contribution in [2.75, 3.05) is 64.9 Å². The first-order valence-corrected chi connectivity index (χ1v) is 12.6. The number of benzene rings is 2. The highest BCUT2D eigenvalue weighted by atomic mass is 16.5. The van der Waals surface area contributed by atoms with E-state index < -0.39 is 0 Å². The maximum Gasteiger partial charge on any atom is 0.253 e. The molecule has 7 heteroatoms. The van der Waals surface area contributed by atoms with Crippen LogP contribution in [0, 0.1) is 5.92 Å². The average Bonchev–Trinajstić information content (AvgIpc) is 3.39. The molecule has 2 aromatic carbocycles. The first-order chi connectivity index (χ1) is 16.6. The molecule has 7 nitrogen and oxygen atoms in total. The Kier molecular flexibility index (Phi) is 7.04. The van der Waals surface area contributed by atoms with E-state index in [0.717, 1.165) is 70.0 Å². The highest BCUT2D eigenvalue weighted by Gasteiger charge is 2.37. The average molecular weight is 464 g/mol. The molecule has 3 saturated heterocycles. The van der Waals surface area contributed by atoms with Crippen molar-refractivity contribution in [2.24, 2.45) is 5.92 Å². The van der Waals surface area contributed by atoms with Crippen molar-refractivity contribution in [1.82, 2.24) is 20.7 Å². The van der Waals surface area contributed by atoms with Gasteiger partial charge in [0, 0.05) is 69.0 Å². The van der Waals surface area contributed by atoms with Crippen LogP contribution in [-0.4, -0.2) is 81.7 Å². The summed E-state index contributed by atoms with van der Waals surface area (Å²) < 4.78 is 5.43. The molecule has 0 radical (unpaired) electrons. The van der Waals surface area contributed by atoms with Crippen LogP contribution in [0.25, 0.3) is 0 Å². The number of piperidine rings is 1. The first-order valence-electron chi connectivity index (χ1n) is 12.6. The number of ether oxygens (including phenoxy) is 1. The second-order valence-corrected chi connectivity index (χ2v) is 9.90. The van der Waals surface area contributed by atoms with E-state index in [1.807, 2.05) is 23.1 Å². The Balaban J connectivity index is 1.17. The predicted octanol–water partition coefficient (Wildman–Crippen LogP) is 2.56. The number of methoxy groups -OCH3 is 1. The van der Waals surface area contributed by atoms with E-state index in [2.05, 4.69) is 58.0 Å². The predicted molar refractivity (Wildman–Crippen MR) is 135 cm³/mol. The SMILES string of the molecule is COc1cccc(C2CNNC2C2CCN(C(=O)c3ccc(N4CCN(C)CC4)cc3)CC2)c1. The van der Waals surface area contributed by atoms with E-state index in [1.54, 1.807) is 7.11 Å². The van der Waals surface area contributed by atoms with Crippen molar-refractivity contribution in [2.45, 2.75) is 24.8 Å². The Hall–Kier alpha value is -2.61. The Labute approximate surface area is 203 Å². The molecule has 2 atom stereocenters. The number of hydrogen-bond donors (Lipinski definition) is 2. The number of likely N-dealkylation sites (N-methyl/N-ethyl adjacent to an activating group) is 1. The lowest BCUT2D eigenvalue weighted by Gasteiger charge is -2.37. The molecule has 0 bridgehead atoms.